The molecule has 1 fully saturated rings. The Bertz CT molecular complexity index is 782. The maximum absolute atomic E-state index is 13.3. The van der Waals surface area contributed by atoms with Gasteiger partial charge in [0.1, 0.15) is 5.82 Å². The van der Waals surface area contributed by atoms with Crippen molar-refractivity contribution in [2.75, 3.05) is 31.1 Å². The first-order chi connectivity index (χ1) is 11.0. The average Bonchev–Trinajstić information content (AvgIpc) is 2.55. The largest absolute Gasteiger partial charge is 0.369 e. The number of piperazine rings is 1. The van der Waals surface area contributed by atoms with Crippen molar-refractivity contribution in [1.82, 2.24) is 4.31 Å². The van der Waals surface area contributed by atoms with Gasteiger partial charge in [-0.05, 0) is 37.3 Å². The van der Waals surface area contributed by atoms with E-state index in [9.17, 15) is 12.8 Å². The molecule has 3 rings (SSSR count). The lowest BCUT2D eigenvalue weighted by molar-refractivity contribution is 0.384. The Balaban J connectivity index is 1.72. The number of benzene rings is 2. The Kier molecular flexibility index (Phi) is 4.37. The molecule has 4 nitrogen and oxygen atoms in total. The van der Waals surface area contributed by atoms with Gasteiger partial charge < -0.3 is 4.90 Å². The van der Waals surface area contributed by atoms with Gasteiger partial charge in [0, 0.05) is 31.9 Å². The molecule has 0 spiro atoms. The zero-order valence-electron chi connectivity index (χ0n) is 12.9. The number of hydrogen-bond acceptors (Lipinski definition) is 3. The third kappa shape index (κ3) is 3.38. The summed E-state index contributed by atoms with van der Waals surface area (Å²) in [6.45, 7) is 3.82. The van der Waals surface area contributed by atoms with Crippen molar-refractivity contribution in [3.05, 3.63) is 59.9 Å². The highest BCUT2D eigenvalue weighted by Gasteiger charge is 2.28. The Labute approximate surface area is 136 Å². The molecule has 0 amide bonds. The molecule has 1 aliphatic rings. The molecule has 1 saturated heterocycles. The molecule has 6 heteroatoms. The van der Waals surface area contributed by atoms with E-state index in [1.54, 1.807) is 30.3 Å². The molecule has 0 unspecified atom stereocenters. The first kappa shape index (κ1) is 16.0. The molecule has 1 aliphatic heterocycles. The number of nitrogens with zero attached hydrogens (tertiary/aromatic N) is 2. The molecular formula is C17H19FN2O2S. The van der Waals surface area contributed by atoms with Crippen LogP contribution in [0, 0.1) is 12.7 Å². The zero-order chi connectivity index (χ0) is 16.4. The minimum atomic E-state index is -3.46. The van der Waals surface area contributed by atoms with Crippen molar-refractivity contribution in [3.63, 3.8) is 0 Å². The maximum atomic E-state index is 13.3. The van der Waals surface area contributed by atoms with E-state index in [1.807, 2.05) is 17.9 Å². The van der Waals surface area contributed by atoms with Gasteiger partial charge in [-0.2, -0.15) is 4.31 Å². The Hall–Kier alpha value is -1.92. The zero-order valence-corrected chi connectivity index (χ0v) is 13.8. The number of halogens is 1. The number of anilines is 1. The van der Waals surface area contributed by atoms with Crippen molar-refractivity contribution < 1.29 is 12.8 Å². The standard InChI is InChI=1S/C17H19FN2O2S/c1-14-5-7-17(8-6-14)23(21,22)20-11-9-19(10-12-20)16-4-2-3-15(18)13-16/h2-8,13H,9-12H2,1H3. The normalized spacial score (nSPS) is 16.5. The van der Waals surface area contributed by atoms with Gasteiger partial charge in [-0.1, -0.05) is 23.8 Å². The molecule has 0 aromatic heterocycles. The van der Waals surface area contributed by atoms with Crippen LogP contribution in [0.25, 0.3) is 0 Å². The van der Waals surface area contributed by atoms with E-state index in [-0.39, 0.29) is 5.82 Å². The summed E-state index contributed by atoms with van der Waals surface area (Å²) in [5.41, 5.74) is 1.82. The van der Waals surface area contributed by atoms with Crippen molar-refractivity contribution in [2.45, 2.75) is 11.8 Å². The summed E-state index contributed by atoms with van der Waals surface area (Å²) in [6.07, 6.45) is 0. The molecule has 122 valence electrons. The minimum Gasteiger partial charge on any atom is -0.369 e. The van der Waals surface area contributed by atoms with Crippen LogP contribution in [0.15, 0.2) is 53.4 Å². The quantitative estimate of drug-likeness (QED) is 0.866. The van der Waals surface area contributed by atoms with Gasteiger partial charge >= 0.3 is 0 Å². The van der Waals surface area contributed by atoms with Crippen molar-refractivity contribution in [3.8, 4) is 0 Å². The highest BCUT2D eigenvalue weighted by atomic mass is 32.2. The van der Waals surface area contributed by atoms with E-state index in [1.165, 1.54) is 16.4 Å². The lowest BCUT2D eigenvalue weighted by Gasteiger charge is -2.35. The molecule has 0 N–H and O–H groups in total. The topological polar surface area (TPSA) is 40.6 Å². The van der Waals surface area contributed by atoms with Gasteiger partial charge in [0.25, 0.3) is 0 Å². The van der Waals surface area contributed by atoms with E-state index < -0.39 is 10.0 Å². The van der Waals surface area contributed by atoms with E-state index in [2.05, 4.69) is 0 Å². The fraction of sp³-hybridized carbons (Fsp3) is 0.294. The van der Waals surface area contributed by atoms with E-state index in [4.69, 9.17) is 0 Å². The molecular weight excluding hydrogens is 315 g/mol. The summed E-state index contributed by atoms with van der Waals surface area (Å²) >= 11 is 0. The van der Waals surface area contributed by atoms with Crippen LogP contribution in [0.1, 0.15) is 5.56 Å². The lowest BCUT2D eigenvalue weighted by Crippen LogP contribution is -2.48. The van der Waals surface area contributed by atoms with Gasteiger partial charge in [-0.25, -0.2) is 12.8 Å². The number of rotatable bonds is 3. The molecule has 0 atom stereocenters. The summed E-state index contributed by atoms with van der Waals surface area (Å²) in [4.78, 5) is 2.33. The number of hydrogen-bond donors (Lipinski definition) is 0. The summed E-state index contributed by atoms with van der Waals surface area (Å²) in [6, 6.07) is 13.3. The Morgan fingerprint density at radius 2 is 1.61 bits per heavy atom. The smallest absolute Gasteiger partial charge is 0.243 e. The monoisotopic (exact) mass is 334 g/mol. The van der Waals surface area contributed by atoms with Crippen LogP contribution < -0.4 is 4.90 Å². The number of aryl methyl sites for hydroxylation is 1. The Morgan fingerprint density at radius 1 is 0.957 bits per heavy atom. The highest BCUT2D eigenvalue weighted by Crippen LogP contribution is 2.21. The molecule has 2 aromatic carbocycles. The fourth-order valence-corrected chi connectivity index (χ4v) is 4.14. The van der Waals surface area contributed by atoms with Gasteiger partial charge in [0.05, 0.1) is 4.90 Å². The van der Waals surface area contributed by atoms with Crippen LogP contribution >= 0.6 is 0 Å². The molecule has 0 aliphatic carbocycles. The van der Waals surface area contributed by atoms with Gasteiger partial charge in [0.2, 0.25) is 10.0 Å². The lowest BCUT2D eigenvalue weighted by atomic mass is 10.2. The molecule has 0 radical (unpaired) electrons. The maximum Gasteiger partial charge on any atom is 0.243 e. The first-order valence-electron chi connectivity index (χ1n) is 7.54. The number of sulfonamides is 1. The van der Waals surface area contributed by atoms with E-state index in [0.717, 1.165) is 11.3 Å². The predicted octanol–water partition coefficient (Wildman–Crippen LogP) is 2.65. The van der Waals surface area contributed by atoms with Gasteiger partial charge in [-0.3, -0.25) is 0 Å². The predicted molar refractivity (Wildman–Crippen MR) is 88.6 cm³/mol. The van der Waals surface area contributed by atoms with Gasteiger partial charge in [-0.15, -0.1) is 0 Å². The second-order valence-electron chi connectivity index (χ2n) is 5.68. The first-order valence-corrected chi connectivity index (χ1v) is 8.98. The summed E-state index contributed by atoms with van der Waals surface area (Å²) < 4.78 is 40.1. The van der Waals surface area contributed by atoms with Crippen molar-refractivity contribution >= 4 is 15.7 Å². The average molecular weight is 334 g/mol. The van der Waals surface area contributed by atoms with Crippen molar-refractivity contribution in [1.29, 1.82) is 0 Å². The van der Waals surface area contributed by atoms with Crippen LogP contribution in [-0.2, 0) is 10.0 Å². The SMILES string of the molecule is Cc1ccc(S(=O)(=O)N2CCN(c3cccc(F)c3)CC2)cc1. The van der Waals surface area contributed by atoms with E-state index in [0.29, 0.717) is 31.1 Å². The van der Waals surface area contributed by atoms with Crippen LogP contribution in [0.2, 0.25) is 0 Å². The van der Waals surface area contributed by atoms with Crippen LogP contribution in [-0.4, -0.2) is 38.9 Å². The second-order valence-corrected chi connectivity index (χ2v) is 7.62. The minimum absolute atomic E-state index is 0.280. The molecule has 23 heavy (non-hydrogen) atoms. The van der Waals surface area contributed by atoms with Crippen LogP contribution in [0.5, 0.6) is 0 Å². The highest BCUT2D eigenvalue weighted by molar-refractivity contribution is 7.89. The van der Waals surface area contributed by atoms with Crippen LogP contribution in [0.3, 0.4) is 0 Å². The summed E-state index contributed by atoms with van der Waals surface area (Å²) in [5.74, 6) is -0.280. The van der Waals surface area contributed by atoms with E-state index >= 15 is 0 Å². The second kappa shape index (κ2) is 6.29. The fourth-order valence-electron chi connectivity index (χ4n) is 2.72. The third-order valence-electron chi connectivity index (χ3n) is 4.07. The molecule has 2 aromatic rings. The molecule has 0 bridgehead atoms. The molecule has 1 heterocycles. The summed E-state index contributed by atoms with van der Waals surface area (Å²) in [5, 5.41) is 0. The van der Waals surface area contributed by atoms with Gasteiger partial charge in [0.15, 0.2) is 0 Å². The van der Waals surface area contributed by atoms with Crippen LogP contribution in [0.4, 0.5) is 10.1 Å². The summed E-state index contributed by atoms with van der Waals surface area (Å²) in [7, 11) is -3.46. The van der Waals surface area contributed by atoms with Crippen molar-refractivity contribution in [2.24, 2.45) is 0 Å². The molecule has 0 saturated carbocycles. The Morgan fingerprint density at radius 3 is 2.22 bits per heavy atom. The third-order valence-corrected chi connectivity index (χ3v) is 5.98.